The molecule has 6 nitrogen and oxygen atoms in total. The molecule has 460 valence electrons. The van der Waals surface area contributed by atoms with Crippen LogP contribution in [0.1, 0.15) is 303 Å². The number of unbranched alkanes of at least 4 members (excludes halogenated alkanes) is 27. The van der Waals surface area contributed by atoms with Crippen molar-refractivity contribution < 1.29 is 28.6 Å². The summed E-state index contributed by atoms with van der Waals surface area (Å²) in [6.45, 7) is 6.38. The van der Waals surface area contributed by atoms with Gasteiger partial charge in [-0.1, -0.05) is 283 Å². The van der Waals surface area contributed by atoms with E-state index in [0.717, 1.165) is 148 Å². The molecule has 6 heteroatoms. The molecule has 0 aliphatic rings. The van der Waals surface area contributed by atoms with Crippen LogP contribution in [-0.2, 0) is 28.6 Å². The van der Waals surface area contributed by atoms with Gasteiger partial charge in [0.05, 0.1) is 0 Å². The molecule has 0 aromatic carbocycles. The molecule has 0 heterocycles. The molecule has 0 aliphatic heterocycles. The highest BCUT2D eigenvalue weighted by atomic mass is 16.6. The van der Waals surface area contributed by atoms with Gasteiger partial charge in [-0.05, 0) is 135 Å². The number of carbonyl (C=O) groups is 3. The van der Waals surface area contributed by atoms with Crippen molar-refractivity contribution in [3.05, 3.63) is 134 Å². The van der Waals surface area contributed by atoms with Crippen molar-refractivity contribution in [2.75, 3.05) is 13.2 Å². The minimum atomic E-state index is -0.795. The molecule has 0 rings (SSSR count). The molecule has 0 radical (unpaired) electrons. The standard InChI is InChI=1S/C75H124O6/c1-4-7-10-13-16-19-22-25-28-30-31-32-33-34-35-36-37-38-39-40-41-42-43-45-47-50-53-56-59-62-65-68-74(77)80-71-72(70-79-73(76)67-64-61-58-55-52-49-46-27-24-21-18-15-12-9-6-3)81-75(78)69-66-63-60-57-54-51-48-44-29-26-23-20-17-14-11-8-5-2/h7-8,10-11,16-21,25-29,31-32,34-35,37-38,46,72H,4-6,9,12-15,22-24,30,33,36,39-45,47-71H2,1-3H3/b10-7-,11-8-,19-16-,20-17-,21-18-,28-25-,29-26-,32-31-,35-34-,38-37-,46-27-. The average Bonchev–Trinajstić information content (AvgIpc) is 3.47. The Morgan fingerprint density at radius 3 is 0.753 bits per heavy atom. The second-order valence-corrected chi connectivity index (χ2v) is 22.0. The summed E-state index contributed by atoms with van der Waals surface area (Å²) in [7, 11) is 0. The van der Waals surface area contributed by atoms with Crippen molar-refractivity contribution in [1.29, 1.82) is 0 Å². The molecule has 1 atom stereocenters. The van der Waals surface area contributed by atoms with Crippen LogP contribution in [0.15, 0.2) is 134 Å². The fourth-order valence-electron chi connectivity index (χ4n) is 9.14. The number of hydrogen-bond donors (Lipinski definition) is 0. The first-order chi connectivity index (χ1) is 40.0. The highest BCUT2D eigenvalue weighted by Crippen LogP contribution is 2.16. The van der Waals surface area contributed by atoms with Crippen LogP contribution in [-0.4, -0.2) is 37.2 Å². The molecule has 0 bridgehead atoms. The van der Waals surface area contributed by atoms with Gasteiger partial charge in [-0.25, -0.2) is 0 Å². The van der Waals surface area contributed by atoms with Crippen LogP contribution in [0.4, 0.5) is 0 Å². The third-order valence-electron chi connectivity index (χ3n) is 14.1. The summed E-state index contributed by atoms with van der Waals surface area (Å²) >= 11 is 0. The fourth-order valence-corrected chi connectivity index (χ4v) is 9.14. The maximum atomic E-state index is 12.9. The van der Waals surface area contributed by atoms with E-state index in [0.29, 0.717) is 19.3 Å². The lowest BCUT2D eigenvalue weighted by Crippen LogP contribution is -2.30. The Balaban J connectivity index is 4.30. The molecule has 0 fully saturated rings. The summed E-state index contributed by atoms with van der Waals surface area (Å²) in [5.41, 5.74) is 0. The Bertz CT molecular complexity index is 1720. The first-order valence-electron chi connectivity index (χ1n) is 33.7. The van der Waals surface area contributed by atoms with Crippen LogP contribution in [0.3, 0.4) is 0 Å². The van der Waals surface area contributed by atoms with Crippen LogP contribution in [0.2, 0.25) is 0 Å². The summed E-state index contributed by atoms with van der Waals surface area (Å²) < 4.78 is 16.9. The molecule has 0 spiro atoms. The monoisotopic (exact) mass is 1120 g/mol. The van der Waals surface area contributed by atoms with Crippen LogP contribution >= 0.6 is 0 Å². The zero-order valence-corrected chi connectivity index (χ0v) is 52.8. The number of allylic oxidation sites excluding steroid dienone is 22. The predicted molar refractivity (Wildman–Crippen MR) is 353 cm³/mol. The normalized spacial score (nSPS) is 13.0. The maximum Gasteiger partial charge on any atom is 0.306 e. The van der Waals surface area contributed by atoms with Crippen molar-refractivity contribution >= 4 is 17.9 Å². The van der Waals surface area contributed by atoms with Crippen molar-refractivity contribution in [3.8, 4) is 0 Å². The number of rotatable bonds is 60. The lowest BCUT2D eigenvalue weighted by Gasteiger charge is -2.18. The first-order valence-corrected chi connectivity index (χ1v) is 33.7. The quantitative estimate of drug-likeness (QED) is 0.0261. The Morgan fingerprint density at radius 2 is 0.481 bits per heavy atom. The molecule has 1 unspecified atom stereocenters. The molecule has 0 saturated carbocycles. The zero-order chi connectivity index (χ0) is 58.5. The Morgan fingerprint density at radius 1 is 0.259 bits per heavy atom. The van der Waals surface area contributed by atoms with Crippen LogP contribution < -0.4 is 0 Å². The summed E-state index contributed by atoms with van der Waals surface area (Å²) in [5.74, 6) is -0.910. The maximum absolute atomic E-state index is 12.9. The Hall–Kier alpha value is -4.45. The van der Waals surface area contributed by atoms with Gasteiger partial charge >= 0.3 is 17.9 Å². The first kappa shape index (κ1) is 76.5. The lowest BCUT2D eigenvalue weighted by atomic mass is 10.0. The molecule has 0 aromatic rings. The molecular weight excluding hydrogens is 997 g/mol. The minimum absolute atomic E-state index is 0.0897. The Kier molecular flexibility index (Phi) is 64.3. The van der Waals surface area contributed by atoms with Crippen molar-refractivity contribution in [2.45, 2.75) is 309 Å². The third-order valence-corrected chi connectivity index (χ3v) is 14.1. The van der Waals surface area contributed by atoms with E-state index in [9.17, 15) is 14.4 Å². The zero-order valence-electron chi connectivity index (χ0n) is 52.8. The smallest absolute Gasteiger partial charge is 0.306 e. The summed E-state index contributed by atoms with van der Waals surface area (Å²) in [6.07, 6.45) is 96.1. The SMILES string of the molecule is CC/C=C\C/C=C\C/C=C\C/C=C\C/C=C\C/C=C\CCCCCCCCCCCCCCC(=O)OCC(COC(=O)CCCCCCC/C=C\C/C=C\CCCCC)OC(=O)CCCCCCCCC/C=C\C/C=C\C/C=C\CC. The number of ether oxygens (including phenoxy) is 3. The van der Waals surface area contributed by atoms with Gasteiger partial charge in [0.1, 0.15) is 13.2 Å². The molecule has 0 aromatic heterocycles. The lowest BCUT2D eigenvalue weighted by molar-refractivity contribution is -0.167. The van der Waals surface area contributed by atoms with Gasteiger partial charge in [-0.15, -0.1) is 0 Å². The summed E-state index contributed by atoms with van der Waals surface area (Å²) in [4.78, 5) is 38.4. The van der Waals surface area contributed by atoms with Gasteiger partial charge < -0.3 is 14.2 Å². The van der Waals surface area contributed by atoms with E-state index in [4.69, 9.17) is 14.2 Å². The minimum Gasteiger partial charge on any atom is -0.462 e. The summed E-state index contributed by atoms with van der Waals surface area (Å²) in [6, 6.07) is 0. The molecule has 0 N–H and O–H groups in total. The molecule has 81 heavy (non-hydrogen) atoms. The third kappa shape index (κ3) is 66.2. The molecule has 0 saturated heterocycles. The fraction of sp³-hybridized carbons (Fsp3) is 0.667. The van der Waals surface area contributed by atoms with Crippen LogP contribution in [0.25, 0.3) is 0 Å². The molecular formula is C75H124O6. The largest absolute Gasteiger partial charge is 0.462 e. The topological polar surface area (TPSA) is 78.9 Å². The Labute approximate surface area is 500 Å². The van der Waals surface area contributed by atoms with Gasteiger partial charge in [0.25, 0.3) is 0 Å². The second-order valence-electron chi connectivity index (χ2n) is 22.0. The second kappa shape index (κ2) is 68.1. The number of esters is 3. The summed E-state index contributed by atoms with van der Waals surface area (Å²) in [5, 5.41) is 0. The average molecular weight is 1120 g/mol. The molecule has 0 aliphatic carbocycles. The van der Waals surface area contributed by atoms with Gasteiger partial charge in [0.2, 0.25) is 0 Å². The highest BCUT2D eigenvalue weighted by Gasteiger charge is 2.19. The van der Waals surface area contributed by atoms with E-state index in [1.54, 1.807) is 0 Å². The van der Waals surface area contributed by atoms with Gasteiger partial charge in [0, 0.05) is 19.3 Å². The number of hydrogen-bond acceptors (Lipinski definition) is 6. The van der Waals surface area contributed by atoms with Gasteiger partial charge in [-0.2, -0.15) is 0 Å². The predicted octanol–water partition coefficient (Wildman–Crippen LogP) is 23.3. The van der Waals surface area contributed by atoms with E-state index < -0.39 is 6.10 Å². The van der Waals surface area contributed by atoms with Crippen molar-refractivity contribution in [1.82, 2.24) is 0 Å². The van der Waals surface area contributed by atoms with E-state index in [1.807, 2.05) is 0 Å². The van der Waals surface area contributed by atoms with E-state index in [1.165, 1.54) is 116 Å². The van der Waals surface area contributed by atoms with Gasteiger partial charge in [0.15, 0.2) is 6.10 Å². The van der Waals surface area contributed by atoms with Crippen molar-refractivity contribution in [3.63, 3.8) is 0 Å². The number of carbonyl (C=O) groups excluding carboxylic acids is 3. The highest BCUT2D eigenvalue weighted by molar-refractivity contribution is 5.71. The molecule has 0 amide bonds. The van der Waals surface area contributed by atoms with E-state index in [-0.39, 0.29) is 31.1 Å². The van der Waals surface area contributed by atoms with Gasteiger partial charge in [-0.3, -0.25) is 14.4 Å². The van der Waals surface area contributed by atoms with Crippen LogP contribution in [0.5, 0.6) is 0 Å². The van der Waals surface area contributed by atoms with E-state index >= 15 is 0 Å². The van der Waals surface area contributed by atoms with Crippen molar-refractivity contribution in [2.24, 2.45) is 0 Å². The van der Waals surface area contributed by atoms with E-state index in [2.05, 4.69) is 154 Å². The van der Waals surface area contributed by atoms with Crippen LogP contribution in [0, 0.1) is 0 Å².